The van der Waals surface area contributed by atoms with Gasteiger partial charge in [0.2, 0.25) is 0 Å². The fraction of sp³-hybridized carbons (Fsp3) is 0.308. The molecule has 0 saturated heterocycles. The van der Waals surface area contributed by atoms with Crippen LogP contribution in [0, 0.1) is 23.4 Å². The van der Waals surface area contributed by atoms with Crippen LogP contribution in [0.5, 0.6) is 0 Å². The second-order valence-corrected chi connectivity index (χ2v) is 9.23. The van der Waals surface area contributed by atoms with E-state index in [0.717, 1.165) is 35.9 Å². The summed E-state index contributed by atoms with van der Waals surface area (Å²) in [4.78, 5) is 33.7. The van der Waals surface area contributed by atoms with Crippen LogP contribution in [0.15, 0.2) is 48.8 Å². The van der Waals surface area contributed by atoms with E-state index in [1.165, 1.54) is 18.1 Å². The smallest absolute Gasteiger partial charge is 0.407 e. The highest BCUT2D eigenvalue weighted by atomic mass is 19.1. The molecule has 0 radical (unpaired) electrons. The molecule has 0 unspecified atom stereocenters. The minimum absolute atomic E-state index is 0.0523. The van der Waals surface area contributed by atoms with E-state index in [4.69, 9.17) is 5.73 Å². The van der Waals surface area contributed by atoms with Gasteiger partial charge in [0.1, 0.15) is 28.8 Å². The van der Waals surface area contributed by atoms with Crippen molar-refractivity contribution in [3.05, 3.63) is 77.5 Å². The molecule has 11 heteroatoms. The molecule has 194 valence electrons. The van der Waals surface area contributed by atoms with Crippen LogP contribution in [0.1, 0.15) is 41.7 Å². The summed E-state index contributed by atoms with van der Waals surface area (Å²) >= 11 is 0. The minimum atomic E-state index is -1.05. The van der Waals surface area contributed by atoms with Crippen molar-refractivity contribution in [1.82, 2.24) is 14.9 Å². The molecule has 2 heterocycles. The monoisotopic (exact) mass is 513 g/mol. The average Bonchev–Trinajstić information content (AvgIpc) is 2.84. The molecule has 37 heavy (non-hydrogen) atoms. The first-order valence-corrected chi connectivity index (χ1v) is 11.7. The summed E-state index contributed by atoms with van der Waals surface area (Å²) in [5, 5.41) is 12.1. The van der Waals surface area contributed by atoms with E-state index in [1.807, 2.05) is 6.92 Å². The predicted octanol–water partition coefficient (Wildman–Crippen LogP) is 4.63. The Morgan fingerprint density at radius 2 is 1.78 bits per heavy atom. The van der Waals surface area contributed by atoms with Gasteiger partial charge in [0.15, 0.2) is 0 Å². The van der Waals surface area contributed by atoms with Gasteiger partial charge in [-0.05, 0) is 60.6 Å². The molecular weight excluding hydrogens is 487 g/mol. The van der Waals surface area contributed by atoms with Gasteiger partial charge in [0.05, 0.1) is 23.5 Å². The Morgan fingerprint density at radius 1 is 1.08 bits per heavy atom. The third-order valence-corrected chi connectivity index (χ3v) is 6.80. The highest BCUT2D eigenvalue weighted by Crippen LogP contribution is 2.40. The first-order valence-electron chi connectivity index (χ1n) is 11.7. The van der Waals surface area contributed by atoms with E-state index in [0.29, 0.717) is 18.5 Å². The van der Waals surface area contributed by atoms with Crippen molar-refractivity contribution in [2.75, 3.05) is 12.4 Å². The predicted molar refractivity (Wildman–Crippen MR) is 130 cm³/mol. The Hall–Kier alpha value is -3.99. The zero-order valence-electron chi connectivity index (χ0n) is 20.2. The number of nitrogens with one attached hydrogen (secondary N) is 1. The lowest BCUT2D eigenvalue weighted by molar-refractivity contribution is 0.0905. The fourth-order valence-corrected chi connectivity index (χ4v) is 5.14. The largest absolute Gasteiger partial charge is 0.465 e. The maximum Gasteiger partial charge on any atom is 0.407 e. The average molecular weight is 514 g/mol. The molecular formula is C26H26F3N5O3. The summed E-state index contributed by atoms with van der Waals surface area (Å²) in [6.45, 7) is 1.93. The van der Waals surface area contributed by atoms with Gasteiger partial charge in [-0.15, -0.1) is 0 Å². The van der Waals surface area contributed by atoms with E-state index in [9.17, 15) is 27.9 Å². The molecule has 1 aliphatic carbocycles. The standard InChI is InChI=1S/C26H26F3N5O3/c1-13-10-14(11-19(30)24(13)34(2)26(36)37)15-8-9-31-12-21(15)33-25(35)20-7-6-18(29)23(32-20)22-16(27)4-3-5-17(22)28/h3-9,12-14,19,24H,10-11,30H2,1-2H3,(H,33,35)(H,36,37)/t13-,14+,19+,24-/m1/s1. The Kier molecular flexibility index (Phi) is 7.44. The molecule has 1 aliphatic rings. The van der Waals surface area contributed by atoms with Crippen LogP contribution in [0.2, 0.25) is 0 Å². The number of pyridine rings is 2. The van der Waals surface area contributed by atoms with Crippen LogP contribution in [0.3, 0.4) is 0 Å². The van der Waals surface area contributed by atoms with Crippen molar-refractivity contribution in [2.24, 2.45) is 11.7 Å². The zero-order chi connectivity index (χ0) is 26.9. The molecule has 2 aromatic heterocycles. The van der Waals surface area contributed by atoms with Gasteiger partial charge in [-0.2, -0.15) is 0 Å². The van der Waals surface area contributed by atoms with Crippen LogP contribution >= 0.6 is 0 Å². The Bertz CT molecular complexity index is 1310. The number of nitrogens with two attached hydrogens (primary N) is 1. The highest BCUT2D eigenvalue weighted by molar-refractivity contribution is 6.03. The van der Waals surface area contributed by atoms with Crippen LogP contribution in [-0.2, 0) is 0 Å². The van der Waals surface area contributed by atoms with Crippen molar-refractivity contribution in [3.8, 4) is 11.3 Å². The number of carbonyl (C=O) groups excluding carboxylic acids is 1. The molecule has 1 fully saturated rings. The number of carbonyl (C=O) groups is 2. The maximum absolute atomic E-state index is 14.4. The number of aromatic nitrogens is 2. The lowest BCUT2D eigenvalue weighted by atomic mass is 9.73. The number of nitrogens with zero attached hydrogens (tertiary/aromatic N) is 3. The van der Waals surface area contributed by atoms with E-state index in [2.05, 4.69) is 15.3 Å². The third kappa shape index (κ3) is 5.26. The van der Waals surface area contributed by atoms with Crippen molar-refractivity contribution >= 4 is 17.7 Å². The number of hydrogen-bond acceptors (Lipinski definition) is 5. The normalized spacial score (nSPS) is 21.4. The van der Waals surface area contributed by atoms with Crippen LogP contribution in [0.4, 0.5) is 23.7 Å². The van der Waals surface area contributed by atoms with Crippen LogP contribution < -0.4 is 11.1 Å². The molecule has 0 aliphatic heterocycles. The molecule has 3 aromatic rings. The summed E-state index contributed by atoms with van der Waals surface area (Å²) < 4.78 is 42.9. The second kappa shape index (κ2) is 10.6. The van der Waals surface area contributed by atoms with Crippen molar-refractivity contribution < 1.29 is 27.9 Å². The lowest BCUT2D eigenvalue weighted by Crippen LogP contribution is -2.54. The molecule has 0 spiro atoms. The molecule has 4 atom stereocenters. The van der Waals surface area contributed by atoms with E-state index in [-0.39, 0.29) is 23.6 Å². The molecule has 4 rings (SSSR count). The van der Waals surface area contributed by atoms with Crippen LogP contribution in [-0.4, -0.2) is 51.1 Å². The summed E-state index contributed by atoms with van der Waals surface area (Å²) in [7, 11) is 1.50. The zero-order valence-corrected chi connectivity index (χ0v) is 20.2. The first kappa shape index (κ1) is 26.1. The SMILES string of the molecule is C[C@@H]1C[C@H](c2ccncc2NC(=O)c2ccc(F)c(-c3c(F)cccc3F)n2)C[C@H](N)[C@@H]1N(C)C(=O)O. The van der Waals surface area contributed by atoms with Gasteiger partial charge in [-0.25, -0.2) is 22.9 Å². The van der Waals surface area contributed by atoms with Crippen LogP contribution in [0.25, 0.3) is 11.3 Å². The third-order valence-electron chi connectivity index (χ3n) is 6.80. The van der Waals surface area contributed by atoms with Crippen molar-refractivity contribution in [1.29, 1.82) is 0 Å². The molecule has 8 nitrogen and oxygen atoms in total. The highest BCUT2D eigenvalue weighted by Gasteiger charge is 2.39. The number of amides is 2. The van der Waals surface area contributed by atoms with Gasteiger partial charge in [-0.1, -0.05) is 13.0 Å². The van der Waals surface area contributed by atoms with Gasteiger partial charge < -0.3 is 21.1 Å². The summed E-state index contributed by atoms with van der Waals surface area (Å²) in [5.74, 6) is -3.85. The number of anilines is 1. The Balaban J connectivity index is 1.59. The maximum atomic E-state index is 14.4. The van der Waals surface area contributed by atoms with E-state index < -0.39 is 46.8 Å². The van der Waals surface area contributed by atoms with Crippen molar-refractivity contribution in [3.63, 3.8) is 0 Å². The van der Waals surface area contributed by atoms with E-state index >= 15 is 0 Å². The fourth-order valence-electron chi connectivity index (χ4n) is 5.14. The molecule has 4 N–H and O–H groups in total. The molecule has 1 saturated carbocycles. The number of rotatable bonds is 5. The Morgan fingerprint density at radius 3 is 2.43 bits per heavy atom. The number of benzene rings is 1. The summed E-state index contributed by atoms with van der Waals surface area (Å²) in [6, 6.07) is 6.11. The topological polar surface area (TPSA) is 121 Å². The van der Waals surface area contributed by atoms with Gasteiger partial charge >= 0.3 is 6.09 Å². The minimum Gasteiger partial charge on any atom is -0.465 e. The van der Waals surface area contributed by atoms with E-state index in [1.54, 1.807) is 12.3 Å². The number of likely N-dealkylation sites (N-methyl/N-ethyl adjacent to an activating group) is 1. The second-order valence-electron chi connectivity index (χ2n) is 9.23. The van der Waals surface area contributed by atoms with Gasteiger partial charge in [0.25, 0.3) is 5.91 Å². The summed E-state index contributed by atoms with van der Waals surface area (Å²) in [6.07, 6.45) is 3.08. The van der Waals surface area contributed by atoms with Gasteiger partial charge in [0, 0.05) is 19.3 Å². The number of hydrogen-bond donors (Lipinski definition) is 3. The van der Waals surface area contributed by atoms with Gasteiger partial charge in [-0.3, -0.25) is 9.78 Å². The van der Waals surface area contributed by atoms with Crippen molar-refractivity contribution in [2.45, 2.75) is 37.8 Å². The molecule has 0 bridgehead atoms. The number of carboxylic acid groups (broad SMARTS) is 1. The Labute approximate surface area is 211 Å². The lowest BCUT2D eigenvalue weighted by Gasteiger charge is -2.43. The quantitative estimate of drug-likeness (QED) is 0.457. The molecule has 1 aromatic carbocycles. The number of halogens is 3. The first-order chi connectivity index (χ1) is 17.6. The summed E-state index contributed by atoms with van der Waals surface area (Å²) in [5.41, 5.74) is 5.99. The molecule has 2 amide bonds.